The van der Waals surface area contributed by atoms with Crippen LogP contribution in [0.1, 0.15) is 188 Å². The first-order chi connectivity index (χ1) is 64.3. The topological polar surface area (TPSA) is 410 Å². The number of isocyanates is 1. The van der Waals surface area contributed by atoms with Crippen molar-refractivity contribution >= 4 is 116 Å². The number of aliphatic hydroxyl groups is 3. The highest BCUT2D eigenvalue weighted by Crippen LogP contribution is 2.47. The standard InChI is InChI=1S/C35H39F2N5O4S.C31H31ClFN5O3.C28H35FN4O3S.C7H4FNO.ClH/c1-34(2,3)47(46)41-35(16-15-22-7-8-22,24-6-4-5-23(17-24)20-38)25-9-14-29(37)30(18-25)40-32(44)31-19-28(43)21-42(31)33(45)39-27-12-10-26(36)11-13-27;32-23-7-9-24(10-8-23)36-30(41)38-18-25(39)16-28(38)29(40)37-27-15-22(6-11-26(27)33)31(35,13-12-19-4-5-19)21-3-1-2-20(14-21)17-34;1-27(2,3)37(36)33-28(12-11-18-7-8-18,20-6-4-5-19(13-20)16-30)21-9-10-23(29)24(14-21)32-26(35)25-15-22(34)17-31-25;8-6-1-3-7(4-2-6)9-5-10;/h4-6,9-14,17-18,22,28,31,41,43H,7-8,15-16,19,21H2,1-3H3,(H,39,45)(H,40,44);1-3,6-11,14-15,19,25,28,39H,4-5,12-13,16,18,35H2,(H,36,41)(H,37,40);4-6,9-10,13-14,18,22,25,31,33-34H,7-8,11-12,15,17H2,1-3H3,(H,32,35);1-4H;1H/t28-,31-,35?,47-;25-,28-,31?;22-,25-,28?,37-;;/m111../s1. The van der Waals surface area contributed by atoms with E-state index < -0.39 is 138 Å². The third-order valence-corrected chi connectivity index (χ3v) is 28.0. The van der Waals surface area contributed by atoms with Crippen molar-refractivity contribution < 1.29 is 74.5 Å². The molecule has 7 amide bonds. The summed E-state index contributed by atoms with van der Waals surface area (Å²) in [4.78, 5) is 81.2. The molecule has 3 saturated carbocycles. The van der Waals surface area contributed by atoms with Gasteiger partial charge in [-0.3, -0.25) is 14.4 Å². The molecule has 0 bridgehead atoms. The van der Waals surface area contributed by atoms with Gasteiger partial charge in [0.05, 0.1) is 130 Å². The second kappa shape index (κ2) is 46.2. The zero-order valence-electron chi connectivity index (χ0n) is 75.8. The van der Waals surface area contributed by atoms with Crippen LogP contribution in [0.3, 0.4) is 0 Å². The van der Waals surface area contributed by atoms with Gasteiger partial charge in [0.2, 0.25) is 23.8 Å². The zero-order chi connectivity index (χ0) is 97.3. The van der Waals surface area contributed by atoms with E-state index in [1.54, 1.807) is 103 Å². The van der Waals surface area contributed by atoms with Gasteiger partial charge in [0.25, 0.3) is 0 Å². The minimum Gasteiger partial charge on any atom is -0.392 e. The summed E-state index contributed by atoms with van der Waals surface area (Å²) in [6.07, 6.45) is 9.98. The van der Waals surface area contributed by atoms with Crippen LogP contribution in [-0.4, -0.2) is 135 Å². The number of carbonyl (C=O) groups is 5. The Balaban J connectivity index is 0.000000186. The molecule has 6 aliphatic rings. The number of β-amino-alcohol motifs (C(OH)–C–C–N with tert-alkyl or cyclic N) is 3. The van der Waals surface area contributed by atoms with Gasteiger partial charge in [-0.15, -0.1) is 12.4 Å². The first kappa shape index (κ1) is 105. The molecule has 15 rings (SSSR count). The van der Waals surface area contributed by atoms with Crippen molar-refractivity contribution in [3.05, 3.63) is 284 Å². The number of hydrogen-bond acceptors (Lipinski definition) is 17. The van der Waals surface area contributed by atoms with Crippen LogP contribution in [0, 0.1) is 80.8 Å². The summed E-state index contributed by atoms with van der Waals surface area (Å²) in [5.41, 5.74) is 10.2. The molecule has 9 aromatic rings. The summed E-state index contributed by atoms with van der Waals surface area (Å²) in [5.74, 6) is -2.88. The predicted octanol–water partition coefficient (Wildman–Crippen LogP) is 17.3. The Morgan fingerprint density at radius 3 is 1.21 bits per heavy atom. The van der Waals surface area contributed by atoms with Gasteiger partial charge in [-0.05, 0) is 283 Å². The Hall–Kier alpha value is -12.0. The number of aliphatic imine (C=N–C) groups is 1. The van der Waals surface area contributed by atoms with E-state index in [9.17, 15) is 81.5 Å². The molecule has 0 spiro atoms. The Morgan fingerprint density at radius 1 is 0.471 bits per heavy atom. The number of benzene rings is 9. The minimum atomic E-state index is -1.58. The number of hydrogen-bond donors (Lipinski definition) is 12. The molecule has 13 N–H and O–H groups in total. The molecule has 0 aromatic heterocycles. The van der Waals surface area contributed by atoms with Crippen LogP contribution < -0.4 is 47.1 Å². The van der Waals surface area contributed by atoms with Crippen LogP contribution >= 0.6 is 24.0 Å². The van der Waals surface area contributed by atoms with Gasteiger partial charge in [-0.25, -0.2) is 54.2 Å². The molecule has 136 heavy (non-hydrogen) atoms. The highest BCUT2D eigenvalue weighted by Gasteiger charge is 2.46. The molecular formula is C101H110Cl2F5N15O11S2. The SMILES string of the molecule is CC(C)(C)[S@@](=O)NC(CCC1CC1)(c1cccc(C#N)c1)c1ccc(F)c(NC(=O)[C@H]2C[C@@H](O)CN2)c1.CC(C)(C)[S@@](=O)NC(CCC1CC1)(c1cccc(C#N)c1)c1ccc(F)c(NC(=O)[C@H]2C[C@@H](O)CN2C(=O)Nc2ccc(F)cc2)c1.Cl.N#Cc1cccc(C(N)(CCC2CC2)c2ccc(F)c(NC(=O)[C@H]3C[C@@H](O)CN3C(=O)Nc3ccc(Cl)cc3)c2)c1.O=C=Nc1ccc(F)cc1. The number of nitrogens with one attached hydrogen (secondary N) is 8. The summed E-state index contributed by atoms with van der Waals surface area (Å²) in [5, 5.41) is 75.8. The Bertz CT molecular complexity index is 6030. The number of carbonyl (C=O) groups excluding carboxylic acids is 6. The van der Waals surface area contributed by atoms with Gasteiger partial charge in [0.15, 0.2) is 0 Å². The number of halogens is 7. The van der Waals surface area contributed by atoms with Crippen molar-refractivity contribution in [3.8, 4) is 18.2 Å². The zero-order valence-corrected chi connectivity index (χ0v) is 79.0. The van der Waals surface area contributed by atoms with Crippen LogP contribution in [0.5, 0.6) is 0 Å². The van der Waals surface area contributed by atoms with E-state index in [4.69, 9.17) is 17.3 Å². The number of nitriles is 3. The number of likely N-dealkylation sites (tertiary alicyclic amines) is 2. The fourth-order valence-corrected chi connectivity index (χ4v) is 18.3. The number of nitrogens with two attached hydrogens (primary N) is 1. The van der Waals surface area contributed by atoms with Crippen molar-refractivity contribution in [3.63, 3.8) is 0 Å². The minimum absolute atomic E-state index is 0. The fraction of sp³-hybridized carbons (Fsp3) is 0.376. The van der Waals surface area contributed by atoms with E-state index in [0.29, 0.717) is 105 Å². The first-order valence-corrected chi connectivity index (χ1v) is 47.3. The van der Waals surface area contributed by atoms with Crippen molar-refractivity contribution in [1.29, 1.82) is 15.8 Å². The molecule has 3 unspecified atom stereocenters. The Kier molecular flexibility index (Phi) is 35.5. The lowest BCUT2D eigenvalue weighted by atomic mass is 9.79. The molecular weight excluding hydrogens is 1830 g/mol. The van der Waals surface area contributed by atoms with Gasteiger partial charge < -0.3 is 62.8 Å². The monoisotopic (exact) mass is 1940 g/mol. The highest BCUT2D eigenvalue weighted by molar-refractivity contribution is 7.84. The lowest BCUT2D eigenvalue weighted by Crippen LogP contribution is -2.49. The number of anilines is 5. The molecule has 3 heterocycles. The third kappa shape index (κ3) is 27.7. The number of urea groups is 2. The summed E-state index contributed by atoms with van der Waals surface area (Å²) in [7, 11) is -3.07. The average molecular weight is 1940 g/mol. The lowest BCUT2D eigenvalue weighted by molar-refractivity contribution is -0.120. The second-order valence-electron chi connectivity index (χ2n) is 36.8. The molecule has 3 saturated heterocycles. The fourth-order valence-electron chi connectivity index (χ4n) is 16.2. The van der Waals surface area contributed by atoms with Crippen LogP contribution in [-0.2, 0) is 57.8 Å². The van der Waals surface area contributed by atoms with Crippen molar-refractivity contribution in [2.75, 3.05) is 46.2 Å². The van der Waals surface area contributed by atoms with Gasteiger partial charge >= 0.3 is 12.1 Å². The Morgan fingerprint density at radius 2 is 0.824 bits per heavy atom. The molecule has 716 valence electrons. The highest BCUT2D eigenvalue weighted by atomic mass is 35.5. The van der Waals surface area contributed by atoms with Crippen LogP contribution in [0.4, 0.5) is 65.7 Å². The van der Waals surface area contributed by atoms with E-state index >= 15 is 8.78 Å². The van der Waals surface area contributed by atoms with E-state index in [1.165, 1.54) is 89.8 Å². The van der Waals surface area contributed by atoms with Crippen LogP contribution in [0.25, 0.3) is 0 Å². The molecule has 11 atom stereocenters. The van der Waals surface area contributed by atoms with E-state index in [-0.39, 0.29) is 67.6 Å². The maximum atomic E-state index is 15.4. The number of nitrogens with zero attached hydrogens (tertiary/aromatic N) is 6. The van der Waals surface area contributed by atoms with Crippen LogP contribution in [0.15, 0.2) is 205 Å². The van der Waals surface area contributed by atoms with Crippen molar-refractivity contribution in [2.45, 2.75) is 200 Å². The molecule has 0 radical (unpaired) electrons. The third-order valence-electron chi connectivity index (χ3n) is 24.5. The van der Waals surface area contributed by atoms with Gasteiger partial charge in [0.1, 0.15) is 41.2 Å². The summed E-state index contributed by atoms with van der Waals surface area (Å²) < 4.78 is 104. The molecule has 9 aromatic carbocycles. The molecule has 26 nitrogen and oxygen atoms in total. The molecule has 3 aliphatic heterocycles. The number of aliphatic hydroxyl groups excluding tert-OH is 3. The second-order valence-corrected chi connectivity index (χ2v) is 41.2. The van der Waals surface area contributed by atoms with Gasteiger partial charge in [-0.2, -0.15) is 20.8 Å². The summed E-state index contributed by atoms with van der Waals surface area (Å²) in [6.45, 7) is 11.3. The summed E-state index contributed by atoms with van der Waals surface area (Å²) in [6, 6.07) is 53.9. The van der Waals surface area contributed by atoms with Crippen LogP contribution in [0.2, 0.25) is 5.02 Å². The van der Waals surface area contributed by atoms with Crippen molar-refractivity contribution in [1.82, 2.24) is 24.6 Å². The molecule has 6 fully saturated rings. The maximum Gasteiger partial charge on any atom is 0.322 e. The van der Waals surface area contributed by atoms with E-state index in [2.05, 4.69) is 64.5 Å². The smallest absolute Gasteiger partial charge is 0.322 e. The van der Waals surface area contributed by atoms with E-state index in [0.717, 1.165) is 73.8 Å². The van der Waals surface area contributed by atoms with E-state index in [1.807, 2.05) is 59.7 Å². The average Bonchev–Trinajstić information content (AvgIpc) is 1.17. The molecule has 35 heteroatoms. The summed E-state index contributed by atoms with van der Waals surface area (Å²) >= 11 is 5.91. The first-order valence-electron chi connectivity index (χ1n) is 44.6. The number of rotatable bonds is 28. The van der Waals surface area contributed by atoms with Crippen molar-refractivity contribution in [2.24, 2.45) is 28.5 Å². The predicted molar refractivity (Wildman–Crippen MR) is 515 cm³/mol. The largest absolute Gasteiger partial charge is 0.392 e. The van der Waals surface area contributed by atoms with Gasteiger partial charge in [0, 0.05) is 48.9 Å². The quantitative estimate of drug-likeness (QED) is 0.0123. The molecule has 3 aliphatic carbocycles. The normalized spacial score (nSPS) is 19.4. The Labute approximate surface area is 803 Å². The number of amides is 7. The van der Waals surface area contributed by atoms with Gasteiger partial charge in [-0.1, -0.05) is 105 Å². The lowest BCUT2D eigenvalue weighted by Gasteiger charge is -2.38. The maximum absolute atomic E-state index is 15.4.